The van der Waals surface area contributed by atoms with Crippen molar-refractivity contribution in [2.75, 3.05) is 13.1 Å². The Morgan fingerprint density at radius 3 is 2.32 bits per heavy atom. The van der Waals surface area contributed by atoms with E-state index in [9.17, 15) is 4.79 Å². The molecule has 0 spiro atoms. The molecule has 4 heteroatoms. The third-order valence-corrected chi connectivity index (χ3v) is 7.34. The zero-order valence-electron chi connectivity index (χ0n) is 13.0. The van der Waals surface area contributed by atoms with E-state index in [1.807, 2.05) is 13.0 Å². The Hall–Kier alpha value is -0.960. The topological polar surface area (TPSA) is 32.3 Å². The van der Waals surface area contributed by atoms with Crippen LogP contribution in [0.15, 0.2) is 22.9 Å². The number of nitrogens with one attached hydrogen (secondary N) is 1. The van der Waals surface area contributed by atoms with Gasteiger partial charge in [-0.3, -0.25) is 4.79 Å². The molecule has 2 aliphatic heterocycles. The molecule has 7 atom stereocenters. The number of dihydropyridines is 1. The molecule has 0 aromatic rings. The van der Waals surface area contributed by atoms with E-state index < -0.39 is 0 Å². The summed E-state index contributed by atoms with van der Waals surface area (Å²) in [6.45, 7) is 4.01. The monoisotopic (exact) mass is 318 g/mol. The van der Waals surface area contributed by atoms with Crippen molar-refractivity contribution in [1.29, 1.82) is 0 Å². The maximum atomic E-state index is 12.9. The molecule has 1 N–H and O–H groups in total. The minimum absolute atomic E-state index is 0.0118. The third-order valence-electron chi connectivity index (χ3n) is 7.10. The lowest BCUT2D eigenvalue weighted by Gasteiger charge is -2.44. The van der Waals surface area contributed by atoms with Gasteiger partial charge in [0.15, 0.2) is 0 Å². The average Bonchev–Trinajstić information content (AvgIpc) is 3.19. The minimum Gasteiger partial charge on any atom is -0.369 e. The maximum Gasteiger partial charge on any atom is 0.251 e. The number of hydrogen-bond donors (Lipinski definition) is 1. The Morgan fingerprint density at radius 2 is 1.73 bits per heavy atom. The van der Waals surface area contributed by atoms with Gasteiger partial charge in [0.2, 0.25) is 0 Å². The quantitative estimate of drug-likeness (QED) is 0.754. The van der Waals surface area contributed by atoms with Crippen molar-refractivity contribution in [3.8, 4) is 0 Å². The van der Waals surface area contributed by atoms with Gasteiger partial charge in [-0.2, -0.15) is 0 Å². The Labute approximate surface area is 136 Å². The number of carbonyl (C=O) groups is 1. The summed E-state index contributed by atoms with van der Waals surface area (Å²) in [5.41, 5.74) is 0.862. The van der Waals surface area contributed by atoms with Gasteiger partial charge in [-0.1, -0.05) is 11.6 Å². The van der Waals surface area contributed by atoms with Crippen molar-refractivity contribution in [2.24, 2.45) is 35.5 Å². The van der Waals surface area contributed by atoms with Crippen LogP contribution in [0.4, 0.5) is 0 Å². The van der Waals surface area contributed by atoms with E-state index in [1.165, 1.54) is 19.3 Å². The Bertz CT molecular complexity index is 574. The lowest BCUT2D eigenvalue weighted by Crippen LogP contribution is -2.40. The molecule has 118 valence electrons. The van der Waals surface area contributed by atoms with Crippen molar-refractivity contribution < 1.29 is 4.79 Å². The molecule has 0 radical (unpaired) electrons. The first-order valence-corrected chi connectivity index (χ1v) is 9.14. The van der Waals surface area contributed by atoms with E-state index >= 15 is 0 Å². The molecule has 0 aromatic carbocycles. The van der Waals surface area contributed by atoms with E-state index in [0.29, 0.717) is 5.16 Å². The summed E-state index contributed by atoms with van der Waals surface area (Å²) in [6, 6.07) is 0.0118. The third kappa shape index (κ3) is 1.78. The molecule has 7 unspecified atom stereocenters. The fraction of sp³-hybridized carbons (Fsp3) is 0.722. The van der Waals surface area contributed by atoms with Crippen LogP contribution in [0.5, 0.6) is 0 Å². The largest absolute Gasteiger partial charge is 0.369 e. The first-order chi connectivity index (χ1) is 10.6. The summed E-state index contributed by atoms with van der Waals surface area (Å²) in [5, 5.41) is 3.77. The van der Waals surface area contributed by atoms with Crippen LogP contribution in [0.1, 0.15) is 26.2 Å². The second-order valence-electron chi connectivity index (χ2n) is 8.01. The highest BCUT2D eigenvalue weighted by Crippen LogP contribution is 2.67. The molecule has 1 amide bonds. The molecule has 1 saturated heterocycles. The van der Waals surface area contributed by atoms with Crippen LogP contribution in [0, 0.1) is 35.5 Å². The lowest BCUT2D eigenvalue weighted by molar-refractivity contribution is -0.126. The lowest BCUT2D eigenvalue weighted by atomic mass is 9.60. The summed E-state index contributed by atoms with van der Waals surface area (Å²) < 4.78 is 0. The number of allylic oxidation sites excluding steroid dienone is 2. The molecule has 6 rings (SSSR count). The van der Waals surface area contributed by atoms with Gasteiger partial charge in [-0.05, 0) is 73.8 Å². The molecule has 2 heterocycles. The van der Waals surface area contributed by atoms with E-state index in [4.69, 9.17) is 11.6 Å². The van der Waals surface area contributed by atoms with E-state index in [1.54, 1.807) is 6.08 Å². The first kappa shape index (κ1) is 13.5. The normalized spacial score (nSPS) is 48.1. The Morgan fingerprint density at radius 1 is 1.09 bits per heavy atom. The molecule has 4 aliphatic carbocycles. The van der Waals surface area contributed by atoms with Gasteiger partial charge in [0.25, 0.3) is 5.91 Å². The van der Waals surface area contributed by atoms with Crippen LogP contribution >= 0.6 is 11.6 Å². The number of rotatable bonds is 1. The second-order valence-corrected chi connectivity index (χ2v) is 8.42. The number of likely N-dealkylation sites (tertiary alicyclic amines) is 1. The number of hydrogen-bond acceptors (Lipinski definition) is 2. The van der Waals surface area contributed by atoms with Gasteiger partial charge in [-0.15, -0.1) is 0 Å². The van der Waals surface area contributed by atoms with E-state index in [0.717, 1.165) is 54.2 Å². The van der Waals surface area contributed by atoms with Crippen LogP contribution in [0.2, 0.25) is 0 Å². The summed E-state index contributed by atoms with van der Waals surface area (Å²) in [4.78, 5) is 15.1. The van der Waals surface area contributed by atoms with Crippen LogP contribution < -0.4 is 5.32 Å². The van der Waals surface area contributed by atoms with Crippen molar-refractivity contribution >= 4 is 17.5 Å². The van der Waals surface area contributed by atoms with Crippen molar-refractivity contribution in [3.63, 3.8) is 0 Å². The predicted octanol–water partition coefficient (Wildman–Crippen LogP) is 2.74. The van der Waals surface area contributed by atoms with Crippen LogP contribution in [0.3, 0.4) is 0 Å². The number of carbonyl (C=O) groups excluding carboxylic acids is 1. The van der Waals surface area contributed by atoms with Crippen molar-refractivity contribution in [1.82, 2.24) is 10.2 Å². The fourth-order valence-corrected chi connectivity index (χ4v) is 6.33. The summed E-state index contributed by atoms with van der Waals surface area (Å²) in [7, 11) is 0. The standard InChI is InChI=1S/C18H23ClN2O/c1-9-10(4-5-17(19)20-9)18(22)21-7-15-11-2-3-12(16(15)8-21)14-6-13(11)14/h4-5,9,11-16,20H,2-3,6-8H2,1H3. The molecule has 2 bridgehead atoms. The van der Waals surface area contributed by atoms with Gasteiger partial charge in [0.1, 0.15) is 5.16 Å². The molecule has 0 aromatic heterocycles. The molecule has 3 nitrogen and oxygen atoms in total. The van der Waals surface area contributed by atoms with Gasteiger partial charge in [-0.25, -0.2) is 0 Å². The highest BCUT2D eigenvalue weighted by atomic mass is 35.5. The zero-order valence-corrected chi connectivity index (χ0v) is 13.7. The highest BCUT2D eigenvalue weighted by molar-refractivity contribution is 6.29. The second kappa shape index (κ2) is 4.53. The summed E-state index contributed by atoms with van der Waals surface area (Å²) in [6.07, 6.45) is 8.05. The SMILES string of the molecule is CC1NC(Cl)=CC=C1C(=O)N1CC2C3CCC(C4CC34)C2C1. The first-order valence-electron chi connectivity index (χ1n) is 8.76. The predicted molar refractivity (Wildman–Crippen MR) is 86.0 cm³/mol. The average molecular weight is 319 g/mol. The molecular weight excluding hydrogens is 296 g/mol. The number of nitrogens with zero attached hydrogens (tertiary/aromatic N) is 1. The van der Waals surface area contributed by atoms with Crippen molar-refractivity contribution in [3.05, 3.63) is 22.9 Å². The number of amides is 1. The van der Waals surface area contributed by atoms with E-state index in [-0.39, 0.29) is 11.9 Å². The Balaban J connectivity index is 1.37. The molecule has 22 heavy (non-hydrogen) atoms. The van der Waals surface area contributed by atoms with Crippen LogP contribution in [-0.4, -0.2) is 29.9 Å². The Kier molecular flexibility index (Phi) is 2.78. The molecular formula is C18H23ClN2O. The maximum absolute atomic E-state index is 12.9. The van der Waals surface area contributed by atoms with Crippen LogP contribution in [-0.2, 0) is 4.79 Å². The smallest absolute Gasteiger partial charge is 0.251 e. The van der Waals surface area contributed by atoms with Gasteiger partial charge in [0.05, 0.1) is 6.04 Å². The van der Waals surface area contributed by atoms with Gasteiger partial charge in [0, 0.05) is 18.7 Å². The van der Waals surface area contributed by atoms with Gasteiger partial charge >= 0.3 is 0 Å². The van der Waals surface area contributed by atoms with E-state index in [2.05, 4.69) is 10.2 Å². The van der Waals surface area contributed by atoms with Gasteiger partial charge < -0.3 is 10.2 Å². The number of fused-ring (bicyclic) bond motifs is 1. The number of halogens is 1. The highest BCUT2D eigenvalue weighted by Gasteiger charge is 2.63. The minimum atomic E-state index is 0.0118. The summed E-state index contributed by atoms with van der Waals surface area (Å²) in [5.74, 6) is 5.68. The summed E-state index contributed by atoms with van der Waals surface area (Å²) >= 11 is 5.99. The molecule has 4 saturated carbocycles. The molecule has 5 fully saturated rings. The molecule has 6 aliphatic rings. The van der Waals surface area contributed by atoms with Crippen LogP contribution in [0.25, 0.3) is 0 Å². The van der Waals surface area contributed by atoms with Crippen molar-refractivity contribution in [2.45, 2.75) is 32.2 Å². The zero-order chi connectivity index (χ0) is 15.0. The fourth-order valence-electron chi connectivity index (χ4n) is 6.10.